The number of hydrogen-bond donors (Lipinski definition) is 1. The van der Waals surface area contributed by atoms with Crippen molar-refractivity contribution in [3.63, 3.8) is 0 Å². The smallest absolute Gasteiger partial charge is 0.166 e. The molecular weight excluding hydrogens is 256 g/mol. The molecule has 2 N–H and O–H groups in total. The van der Waals surface area contributed by atoms with E-state index in [2.05, 4.69) is 15.9 Å². The minimum absolute atomic E-state index is 0.0183. The monoisotopic (exact) mass is 266 g/mol. The van der Waals surface area contributed by atoms with Crippen LogP contribution in [0.4, 0.5) is 5.69 Å². The summed E-state index contributed by atoms with van der Waals surface area (Å²) in [6, 6.07) is 7.23. The summed E-state index contributed by atoms with van der Waals surface area (Å²) < 4.78 is 0. The summed E-state index contributed by atoms with van der Waals surface area (Å²) in [6.07, 6.45) is 0.612. The number of rotatable bonds is 4. The van der Waals surface area contributed by atoms with Gasteiger partial charge in [-0.3, -0.25) is 4.79 Å². The molecule has 0 spiro atoms. The van der Waals surface area contributed by atoms with E-state index < -0.39 is 0 Å². The molecule has 0 fully saturated rings. The van der Waals surface area contributed by atoms with E-state index in [0.717, 1.165) is 0 Å². The van der Waals surface area contributed by atoms with E-state index in [0.29, 0.717) is 28.6 Å². The van der Waals surface area contributed by atoms with E-state index >= 15 is 0 Å². The van der Waals surface area contributed by atoms with Crippen LogP contribution in [0.3, 0.4) is 0 Å². The van der Waals surface area contributed by atoms with Crippen LogP contribution in [0.5, 0.6) is 0 Å². The van der Waals surface area contributed by atoms with Crippen LogP contribution in [0.2, 0.25) is 0 Å². The van der Waals surface area contributed by atoms with Crippen LogP contribution < -0.4 is 5.73 Å². The molecule has 78 valence electrons. The number of benzene rings is 1. The average molecular weight is 267 g/mol. The zero-order valence-electron chi connectivity index (χ0n) is 8.16. The van der Waals surface area contributed by atoms with Gasteiger partial charge in [0.2, 0.25) is 0 Å². The fourth-order valence-corrected chi connectivity index (χ4v) is 1.76. The predicted molar refractivity (Wildman–Crippen MR) is 62.9 cm³/mol. The summed E-state index contributed by atoms with van der Waals surface area (Å²) in [5.74, 6) is -0.0183. The first kappa shape index (κ1) is 11.7. The number of Topliss-reactive ketones (excluding diaryl/α,β-unsaturated/α-hetero) is 1. The van der Waals surface area contributed by atoms with Gasteiger partial charge in [0, 0.05) is 23.0 Å². The largest absolute Gasteiger partial charge is 0.398 e. The number of hydrogen-bond acceptors (Lipinski definition) is 3. The summed E-state index contributed by atoms with van der Waals surface area (Å²) in [5, 5.41) is 9.24. The van der Waals surface area contributed by atoms with Gasteiger partial charge < -0.3 is 5.73 Å². The molecule has 4 heteroatoms. The first-order valence-electron chi connectivity index (χ1n) is 4.54. The van der Waals surface area contributed by atoms with Crippen molar-refractivity contribution in [1.29, 1.82) is 5.26 Å². The number of nitrogens with zero attached hydrogens (tertiary/aromatic N) is 1. The standard InChI is InChI=1S/C11H11BrN2O/c12-6-4-10(15)11-8(5-7-13)2-1-3-9(11)14/h1-3H,4-6,14H2. The Labute approximate surface area is 97.0 Å². The molecule has 0 aromatic heterocycles. The number of nitriles is 1. The third-order valence-electron chi connectivity index (χ3n) is 2.05. The molecule has 0 heterocycles. The van der Waals surface area contributed by atoms with Gasteiger partial charge in [-0.05, 0) is 11.6 Å². The average Bonchev–Trinajstić information content (AvgIpc) is 2.18. The maximum Gasteiger partial charge on any atom is 0.166 e. The molecule has 0 atom stereocenters. The molecule has 0 aliphatic rings. The summed E-state index contributed by atoms with van der Waals surface area (Å²) in [4.78, 5) is 11.7. The number of nitrogen functional groups attached to an aromatic ring is 1. The van der Waals surface area contributed by atoms with Gasteiger partial charge in [-0.2, -0.15) is 5.26 Å². The maximum atomic E-state index is 11.7. The minimum Gasteiger partial charge on any atom is -0.398 e. The first-order chi connectivity index (χ1) is 7.20. The molecule has 0 radical (unpaired) electrons. The van der Waals surface area contributed by atoms with Crippen molar-refractivity contribution < 1.29 is 4.79 Å². The summed E-state index contributed by atoms with van der Waals surface area (Å²) in [6.45, 7) is 0. The molecule has 0 unspecified atom stereocenters. The Balaban J connectivity index is 3.13. The molecule has 1 rings (SSSR count). The molecule has 1 aromatic rings. The lowest BCUT2D eigenvalue weighted by molar-refractivity contribution is 0.0990. The highest BCUT2D eigenvalue weighted by atomic mass is 79.9. The summed E-state index contributed by atoms with van der Waals surface area (Å²) in [7, 11) is 0. The molecule has 0 amide bonds. The highest BCUT2D eigenvalue weighted by molar-refractivity contribution is 9.09. The quantitative estimate of drug-likeness (QED) is 0.517. The fourth-order valence-electron chi connectivity index (χ4n) is 1.40. The number of halogens is 1. The SMILES string of the molecule is N#CCc1cccc(N)c1C(=O)CCBr. The molecule has 0 bridgehead atoms. The Morgan fingerprint density at radius 2 is 2.27 bits per heavy atom. The second-order valence-electron chi connectivity index (χ2n) is 3.08. The van der Waals surface area contributed by atoms with Gasteiger partial charge in [0.15, 0.2) is 5.78 Å². The third-order valence-corrected chi connectivity index (χ3v) is 2.45. The molecule has 0 saturated carbocycles. The van der Waals surface area contributed by atoms with Crippen molar-refractivity contribution in [2.45, 2.75) is 12.8 Å². The molecule has 0 aliphatic carbocycles. The van der Waals surface area contributed by atoms with E-state index in [4.69, 9.17) is 11.0 Å². The van der Waals surface area contributed by atoms with Gasteiger partial charge in [0.1, 0.15) is 0 Å². The molecule has 0 aliphatic heterocycles. The van der Waals surface area contributed by atoms with Crippen LogP contribution in [-0.2, 0) is 6.42 Å². The summed E-state index contributed by atoms with van der Waals surface area (Å²) in [5.41, 5.74) is 7.40. The Kier molecular flexibility index (Phi) is 4.32. The van der Waals surface area contributed by atoms with E-state index in [-0.39, 0.29) is 12.2 Å². The van der Waals surface area contributed by atoms with E-state index in [9.17, 15) is 4.79 Å². The molecular formula is C11H11BrN2O. The number of anilines is 1. The van der Waals surface area contributed by atoms with Crippen LogP contribution in [0.1, 0.15) is 22.3 Å². The Hall–Kier alpha value is -1.34. The van der Waals surface area contributed by atoms with Crippen molar-refractivity contribution in [2.75, 3.05) is 11.1 Å². The zero-order valence-corrected chi connectivity index (χ0v) is 9.75. The second-order valence-corrected chi connectivity index (χ2v) is 3.87. The number of alkyl halides is 1. The normalized spacial score (nSPS) is 9.60. The third kappa shape index (κ3) is 2.80. The number of carbonyl (C=O) groups excluding carboxylic acids is 1. The van der Waals surface area contributed by atoms with Gasteiger partial charge in [0.25, 0.3) is 0 Å². The highest BCUT2D eigenvalue weighted by Crippen LogP contribution is 2.19. The van der Waals surface area contributed by atoms with Gasteiger partial charge in [-0.15, -0.1) is 0 Å². The number of carbonyl (C=O) groups is 1. The van der Waals surface area contributed by atoms with Crippen molar-refractivity contribution in [3.8, 4) is 6.07 Å². The fraction of sp³-hybridized carbons (Fsp3) is 0.273. The van der Waals surface area contributed by atoms with Gasteiger partial charge in [-0.25, -0.2) is 0 Å². The molecule has 1 aromatic carbocycles. The predicted octanol–water partition coefficient (Wildman–Crippen LogP) is 2.30. The van der Waals surface area contributed by atoms with Gasteiger partial charge >= 0.3 is 0 Å². The topological polar surface area (TPSA) is 66.9 Å². The van der Waals surface area contributed by atoms with Crippen LogP contribution in [0, 0.1) is 11.3 Å². The van der Waals surface area contributed by atoms with Crippen molar-refractivity contribution in [1.82, 2.24) is 0 Å². The van der Waals surface area contributed by atoms with Gasteiger partial charge in [0.05, 0.1) is 12.5 Å². The lowest BCUT2D eigenvalue weighted by atomic mass is 9.98. The lowest BCUT2D eigenvalue weighted by Gasteiger charge is -2.08. The van der Waals surface area contributed by atoms with E-state index in [1.807, 2.05) is 6.07 Å². The van der Waals surface area contributed by atoms with Crippen LogP contribution in [0.15, 0.2) is 18.2 Å². The second kappa shape index (κ2) is 5.52. The van der Waals surface area contributed by atoms with E-state index in [1.165, 1.54) is 0 Å². The Morgan fingerprint density at radius 3 is 2.87 bits per heavy atom. The summed E-state index contributed by atoms with van der Waals surface area (Å²) >= 11 is 3.21. The minimum atomic E-state index is -0.0183. The maximum absolute atomic E-state index is 11.7. The van der Waals surface area contributed by atoms with Crippen molar-refractivity contribution in [2.24, 2.45) is 0 Å². The van der Waals surface area contributed by atoms with E-state index in [1.54, 1.807) is 18.2 Å². The molecule has 0 saturated heterocycles. The molecule has 15 heavy (non-hydrogen) atoms. The van der Waals surface area contributed by atoms with Gasteiger partial charge in [-0.1, -0.05) is 28.1 Å². The molecule has 3 nitrogen and oxygen atoms in total. The zero-order chi connectivity index (χ0) is 11.3. The van der Waals surface area contributed by atoms with Crippen molar-refractivity contribution >= 4 is 27.4 Å². The highest BCUT2D eigenvalue weighted by Gasteiger charge is 2.13. The lowest BCUT2D eigenvalue weighted by Crippen LogP contribution is -2.08. The Bertz CT molecular complexity index is 410. The number of nitrogens with two attached hydrogens (primary N) is 1. The first-order valence-corrected chi connectivity index (χ1v) is 5.66. The number of ketones is 1. The van der Waals surface area contributed by atoms with Crippen LogP contribution in [-0.4, -0.2) is 11.1 Å². The van der Waals surface area contributed by atoms with Crippen LogP contribution >= 0.6 is 15.9 Å². The van der Waals surface area contributed by atoms with Crippen LogP contribution in [0.25, 0.3) is 0 Å². The Morgan fingerprint density at radius 1 is 1.53 bits per heavy atom. The van der Waals surface area contributed by atoms with Crippen molar-refractivity contribution in [3.05, 3.63) is 29.3 Å².